The summed E-state index contributed by atoms with van der Waals surface area (Å²) >= 11 is 0. The number of benzene rings is 1. The first-order valence-corrected chi connectivity index (χ1v) is 7.96. The number of anilines is 1. The number of hydrogen-bond donors (Lipinski definition) is 1. The molecule has 2 atom stereocenters. The van der Waals surface area contributed by atoms with Crippen molar-refractivity contribution in [3.8, 4) is 0 Å². The molecule has 1 aromatic rings. The zero-order valence-corrected chi connectivity index (χ0v) is 13.5. The van der Waals surface area contributed by atoms with Gasteiger partial charge in [0.25, 0.3) is 0 Å². The second-order valence-corrected chi connectivity index (χ2v) is 6.36. The first-order chi connectivity index (χ1) is 10.0. The van der Waals surface area contributed by atoms with E-state index in [9.17, 15) is 4.39 Å². The first-order valence-electron chi connectivity index (χ1n) is 7.96. The summed E-state index contributed by atoms with van der Waals surface area (Å²) < 4.78 is 14.4. The van der Waals surface area contributed by atoms with E-state index >= 15 is 0 Å². The van der Waals surface area contributed by atoms with Gasteiger partial charge < -0.3 is 15.5 Å². The molecule has 0 aliphatic carbocycles. The van der Waals surface area contributed by atoms with Crippen molar-refractivity contribution in [1.82, 2.24) is 4.90 Å². The molecule has 1 aliphatic heterocycles. The van der Waals surface area contributed by atoms with Gasteiger partial charge in [-0.2, -0.15) is 0 Å². The zero-order chi connectivity index (χ0) is 15.4. The Bertz CT molecular complexity index is 461. The van der Waals surface area contributed by atoms with E-state index in [1.807, 2.05) is 12.1 Å². The number of likely N-dealkylation sites (N-methyl/N-ethyl adjacent to an activating group) is 1. The first kappa shape index (κ1) is 16.2. The van der Waals surface area contributed by atoms with Gasteiger partial charge in [0.2, 0.25) is 0 Å². The van der Waals surface area contributed by atoms with Gasteiger partial charge in [-0.1, -0.05) is 13.0 Å². The molecule has 21 heavy (non-hydrogen) atoms. The molecule has 3 nitrogen and oxygen atoms in total. The van der Waals surface area contributed by atoms with E-state index in [0.29, 0.717) is 6.04 Å². The van der Waals surface area contributed by atoms with Crippen molar-refractivity contribution in [2.45, 2.75) is 44.7 Å². The lowest BCUT2D eigenvalue weighted by atomic mass is 10.0. The van der Waals surface area contributed by atoms with Crippen LogP contribution in [-0.4, -0.2) is 44.2 Å². The normalized spacial score (nSPS) is 20.9. The fraction of sp³-hybridized carbons (Fsp3) is 0.647. The summed E-state index contributed by atoms with van der Waals surface area (Å²) in [6, 6.07) is 6.22. The molecule has 0 radical (unpaired) electrons. The predicted molar refractivity (Wildman–Crippen MR) is 87.3 cm³/mol. The molecule has 2 rings (SSSR count). The Morgan fingerprint density at radius 2 is 2.19 bits per heavy atom. The van der Waals surface area contributed by atoms with Gasteiger partial charge in [0.15, 0.2) is 0 Å². The molecule has 1 heterocycles. The molecule has 0 bridgehead atoms. The highest BCUT2D eigenvalue weighted by Crippen LogP contribution is 2.25. The van der Waals surface area contributed by atoms with Crippen molar-refractivity contribution >= 4 is 5.69 Å². The van der Waals surface area contributed by atoms with E-state index < -0.39 is 0 Å². The molecular weight excluding hydrogens is 265 g/mol. The Hall–Kier alpha value is -1.13. The minimum absolute atomic E-state index is 0.114. The van der Waals surface area contributed by atoms with Crippen LogP contribution in [0.15, 0.2) is 18.2 Å². The molecular formula is C17H28FN3. The van der Waals surface area contributed by atoms with Crippen LogP contribution in [0, 0.1) is 5.82 Å². The van der Waals surface area contributed by atoms with Gasteiger partial charge in [-0.3, -0.25) is 0 Å². The number of halogens is 1. The van der Waals surface area contributed by atoms with Gasteiger partial charge >= 0.3 is 0 Å². The van der Waals surface area contributed by atoms with Crippen LogP contribution in [0.3, 0.4) is 0 Å². The van der Waals surface area contributed by atoms with E-state index in [4.69, 9.17) is 5.73 Å². The van der Waals surface area contributed by atoms with Crippen molar-refractivity contribution in [3.63, 3.8) is 0 Å². The Kier molecular flexibility index (Phi) is 5.59. The summed E-state index contributed by atoms with van der Waals surface area (Å²) in [5.74, 6) is -0.116. The highest BCUT2D eigenvalue weighted by Gasteiger charge is 2.23. The number of nitrogens with two attached hydrogens (primary N) is 1. The van der Waals surface area contributed by atoms with Crippen LogP contribution in [0.2, 0.25) is 0 Å². The van der Waals surface area contributed by atoms with E-state index in [0.717, 1.165) is 43.6 Å². The molecule has 4 heteroatoms. The van der Waals surface area contributed by atoms with Crippen LogP contribution in [-0.2, 0) is 6.42 Å². The standard InChI is InChI=1S/C17H28FN3/c1-4-14(19)10-13-7-8-17(16(18)11-13)21-9-5-6-15(12-21)20(2)3/h7-8,11,14-15H,4-6,9-10,12,19H2,1-3H3. The van der Waals surface area contributed by atoms with Crippen LogP contribution in [0.25, 0.3) is 0 Å². The van der Waals surface area contributed by atoms with Gasteiger partial charge in [-0.05, 0) is 57.5 Å². The van der Waals surface area contributed by atoms with E-state index in [1.165, 1.54) is 6.42 Å². The van der Waals surface area contributed by atoms with Gasteiger partial charge in [-0.15, -0.1) is 0 Å². The number of nitrogens with zero attached hydrogens (tertiary/aromatic N) is 2. The molecule has 1 fully saturated rings. The molecule has 1 saturated heterocycles. The molecule has 0 spiro atoms. The van der Waals surface area contributed by atoms with Crippen LogP contribution in [0.4, 0.5) is 10.1 Å². The maximum Gasteiger partial charge on any atom is 0.146 e. The van der Waals surface area contributed by atoms with E-state index in [-0.39, 0.29) is 11.9 Å². The Morgan fingerprint density at radius 1 is 1.43 bits per heavy atom. The summed E-state index contributed by atoms with van der Waals surface area (Å²) in [6.07, 6.45) is 3.97. The SMILES string of the molecule is CCC(N)Cc1ccc(N2CCCC(N(C)C)C2)c(F)c1. The van der Waals surface area contributed by atoms with Gasteiger partial charge in [0.1, 0.15) is 5.82 Å². The third-order valence-electron chi connectivity index (χ3n) is 4.50. The molecule has 0 amide bonds. The molecule has 2 unspecified atom stereocenters. The average molecular weight is 293 g/mol. The molecule has 1 aromatic carbocycles. The third kappa shape index (κ3) is 4.17. The second kappa shape index (κ2) is 7.23. The van der Waals surface area contributed by atoms with Crippen molar-refractivity contribution < 1.29 is 4.39 Å². The highest BCUT2D eigenvalue weighted by molar-refractivity contribution is 5.50. The van der Waals surface area contributed by atoms with E-state index in [2.05, 4.69) is 30.8 Å². The lowest BCUT2D eigenvalue weighted by molar-refractivity contribution is 0.257. The Morgan fingerprint density at radius 3 is 2.81 bits per heavy atom. The number of piperidine rings is 1. The average Bonchev–Trinajstić information content (AvgIpc) is 2.47. The molecule has 1 aliphatic rings. The van der Waals surface area contributed by atoms with Crippen molar-refractivity contribution in [2.75, 3.05) is 32.1 Å². The van der Waals surface area contributed by atoms with Crippen molar-refractivity contribution in [2.24, 2.45) is 5.73 Å². The molecule has 118 valence electrons. The predicted octanol–water partition coefficient (Wildman–Crippen LogP) is 2.64. The third-order valence-corrected chi connectivity index (χ3v) is 4.50. The summed E-state index contributed by atoms with van der Waals surface area (Å²) in [6.45, 7) is 3.90. The summed E-state index contributed by atoms with van der Waals surface area (Å²) in [5, 5.41) is 0. The van der Waals surface area contributed by atoms with Gasteiger partial charge in [-0.25, -0.2) is 4.39 Å². The minimum atomic E-state index is -0.116. The van der Waals surface area contributed by atoms with E-state index in [1.54, 1.807) is 6.07 Å². The Labute approximate surface area is 127 Å². The highest BCUT2D eigenvalue weighted by atomic mass is 19.1. The molecule has 0 aromatic heterocycles. The quantitative estimate of drug-likeness (QED) is 0.906. The Balaban J connectivity index is 2.09. The lowest BCUT2D eigenvalue weighted by Gasteiger charge is -2.37. The molecule has 0 saturated carbocycles. The lowest BCUT2D eigenvalue weighted by Crippen LogP contribution is -2.45. The fourth-order valence-electron chi connectivity index (χ4n) is 2.98. The van der Waals surface area contributed by atoms with Gasteiger partial charge in [0, 0.05) is 25.2 Å². The largest absolute Gasteiger partial charge is 0.368 e. The van der Waals surface area contributed by atoms with Crippen LogP contribution < -0.4 is 10.6 Å². The minimum Gasteiger partial charge on any atom is -0.368 e. The summed E-state index contributed by atoms with van der Waals surface area (Å²) in [4.78, 5) is 4.41. The van der Waals surface area contributed by atoms with Crippen LogP contribution in [0.5, 0.6) is 0 Å². The summed E-state index contributed by atoms with van der Waals surface area (Å²) in [7, 11) is 4.19. The topological polar surface area (TPSA) is 32.5 Å². The van der Waals surface area contributed by atoms with Crippen molar-refractivity contribution in [3.05, 3.63) is 29.6 Å². The fourth-order valence-corrected chi connectivity index (χ4v) is 2.98. The number of rotatable bonds is 5. The van der Waals surface area contributed by atoms with Crippen LogP contribution >= 0.6 is 0 Å². The number of hydrogen-bond acceptors (Lipinski definition) is 3. The monoisotopic (exact) mass is 293 g/mol. The maximum absolute atomic E-state index is 14.4. The maximum atomic E-state index is 14.4. The van der Waals surface area contributed by atoms with Crippen LogP contribution in [0.1, 0.15) is 31.7 Å². The smallest absolute Gasteiger partial charge is 0.146 e. The summed E-state index contributed by atoms with van der Waals surface area (Å²) in [5.41, 5.74) is 7.67. The van der Waals surface area contributed by atoms with Crippen molar-refractivity contribution in [1.29, 1.82) is 0 Å². The van der Waals surface area contributed by atoms with Gasteiger partial charge in [0.05, 0.1) is 5.69 Å². The molecule has 2 N–H and O–H groups in total. The zero-order valence-electron chi connectivity index (χ0n) is 13.5. The second-order valence-electron chi connectivity index (χ2n) is 6.36.